The van der Waals surface area contributed by atoms with Gasteiger partial charge in [0.2, 0.25) is 0 Å². The number of aryl methyl sites for hydroxylation is 1. The molecule has 0 radical (unpaired) electrons. The minimum Gasteiger partial charge on any atom is -0.478 e. The van der Waals surface area contributed by atoms with Gasteiger partial charge in [-0.25, -0.2) is 9.78 Å². The van der Waals surface area contributed by atoms with Crippen molar-refractivity contribution >= 4 is 5.97 Å². The third kappa shape index (κ3) is 1.82. The Hall–Kier alpha value is -2.10. The van der Waals surface area contributed by atoms with Crippen LogP contribution in [0.25, 0.3) is 11.3 Å². The molecule has 0 aliphatic heterocycles. The third-order valence-electron chi connectivity index (χ3n) is 2.37. The molecule has 82 valence electrons. The van der Waals surface area contributed by atoms with Crippen LogP contribution in [0.2, 0.25) is 0 Å². The summed E-state index contributed by atoms with van der Waals surface area (Å²) < 4.78 is 5.22. The summed E-state index contributed by atoms with van der Waals surface area (Å²) in [4.78, 5) is 14.8. The van der Waals surface area contributed by atoms with Gasteiger partial charge in [-0.1, -0.05) is 19.1 Å². The molecule has 0 bridgehead atoms. The maximum absolute atomic E-state index is 10.7. The summed E-state index contributed by atoms with van der Waals surface area (Å²) in [6.45, 7) is 1.98. The lowest BCUT2D eigenvalue weighted by molar-refractivity contribution is 0.0697. The zero-order valence-electron chi connectivity index (χ0n) is 8.80. The second-order valence-corrected chi connectivity index (χ2v) is 3.36. The SMILES string of the molecule is CCc1ocnc1-c1ccc(C(=O)O)cc1. The van der Waals surface area contributed by atoms with Gasteiger partial charge in [-0.2, -0.15) is 0 Å². The lowest BCUT2D eigenvalue weighted by Crippen LogP contribution is -1.95. The van der Waals surface area contributed by atoms with Gasteiger partial charge < -0.3 is 9.52 Å². The van der Waals surface area contributed by atoms with Crippen molar-refractivity contribution in [3.05, 3.63) is 42.0 Å². The number of carboxylic acid groups (broad SMARTS) is 1. The van der Waals surface area contributed by atoms with Crippen LogP contribution >= 0.6 is 0 Å². The monoisotopic (exact) mass is 217 g/mol. The number of nitrogens with zero attached hydrogens (tertiary/aromatic N) is 1. The highest BCUT2D eigenvalue weighted by atomic mass is 16.4. The van der Waals surface area contributed by atoms with Gasteiger partial charge in [-0.3, -0.25) is 0 Å². The smallest absolute Gasteiger partial charge is 0.335 e. The predicted molar refractivity (Wildman–Crippen MR) is 58.3 cm³/mol. The fraction of sp³-hybridized carbons (Fsp3) is 0.167. The molecule has 1 N–H and O–H groups in total. The molecular formula is C12H11NO3. The van der Waals surface area contributed by atoms with E-state index in [-0.39, 0.29) is 5.56 Å². The minimum absolute atomic E-state index is 0.269. The third-order valence-corrected chi connectivity index (χ3v) is 2.37. The predicted octanol–water partition coefficient (Wildman–Crippen LogP) is 2.60. The molecular weight excluding hydrogens is 206 g/mol. The van der Waals surface area contributed by atoms with Crippen molar-refractivity contribution in [3.63, 3.8) is 0 Å². The topological polar surface area (TPSA) is 63.3 Å². The van der Waals surface area contributed by atoms with E-state index < -0.39 is 5.97 Å². The second kappa shape index (κ2) is 4.18. The van der Waals surface area contributed by atoms with Gasteiger partial charge in [0.05, 0.1) is 5.56 Å². The van der Waals surface area contributed by atoms with Gasteiger partial charge in [0.25, 0.3) is 0 Å². The summed E-state index contributed by atoms with van der Waals surface area (Å²) in [7, 11) is 0. The molecule has 0 aliphatic carbocycles. The number of carboxylic acids is 1. The van der Waals surface area contributed by atoms with Crippen molar-refractivity contribution in [3.8, 4) is 11.3 Å². The minimum atomic E-state index is -0.928. The van der Waals surface area contributed by atoms with Crippen LogP contribution in [-0.4, -0.2) is 16.1 Å². The van der Waals surface area contributed by atoms with E-state index >= 15 is 0 Å². The van der Waals surface area contributed by atoms with Crippen molar-refractivity contribution in [1.82, 2.24) is 4.98 Å². The van der Waals surface area contributed by atoms with Gasteiger partial charge in [-0.05, 0) is 12.1 Å². The van der Waals surface area contributed by atoms with Crippen LogP contribution in [0.15, 0.2) is 35.1 Å². The molecule has 2 aromatic rings. The lowest BCUT2D eigenvalue weighted by Gasteiger charge is -1.99. The van der Waals surface area contributed by atoms with Crippen LogP contribution in [0.1, 0.15) is 23.0 Å². The molecule has 1 heterocycles. The maximum atomic E-state index is 10.7. The largest absolute Gasteiger partial charge is 0.478 e. The zero-order chi connectivity index (χ0) is 11.5. The molecule has 4 heteroatoms. The van der Waals surface area contributed by atoms with Crippen LogP contribution in [0.3, 0.4) is 0 Å². The average Bonchev–Trinajstić information content (AvgIpc) is 2.77. The Morgan fingerprint density at radius 1 is 1.38 bits per heavy atom. The summed E-state index contributed by atoms with van der Waals surface area (Å²) in [5, 5.41) is 8.77. The van der Waals surface area contributed by atoms with Crippen LogP contribution in [-0.2, 0) is 6.42 Å². The molecule has 0 amide bonds. The lowest BCUT2D eigenvalue weighted by atomic mass is 10.1. The molecule has 16 heavy (non-hydrogen) atoms. The van der Waals surface area contributed by atoms with Crippen molar-refractivity contribution in [2.75, 3.05) is 0 Å². The molecule has 0 aliphatic rings. The first-order valence-corrected chi connectivity index (χ1v) is 4.98. The molecule has 0 atom stereocenters. The van der Waals surface area contributed by atoms with E-state index in [1.165, 1.54) is 6.39 Å². The fourth-order valence-electron chi connectivity index (χ4n) is 1.53. The van der Waals surface area contributed by atoms with E-state index in [1.54, 1.807) is 24.3 Å². The Labute approximate surface area is 92.6 Å². The Morgan fingerprint density at radius 2 is 2.06 bits per heavy atom. The number of rotatable bonds is 3. The van der Waals surface area contributed by atoms with E-state index in [1.807, 2.05) is 6.92 Å². The highest BCUT2D eigenvalue weighted by Gasteiger charge is 2.09. The first-order chi connectivity index (χ1) is 7.72. The summed E-state index contributed by atoms with van der Waals surface area (Å²) >= 11 is 0. The van der Waals surface area contributed by atoms with Crippen molar-refractivity contribution in [1.29, 1.82) is 0 Å². The molecule has 4 nitrogen and oxygen atoms in total. The molecule has 1 aromatic heterocycles. The molecule has 0 spiro atoms. The van der Waals surface area contributed by atoms with Gasteiger partial charge >= 0.3 is 5.97 Å². The molecule has 2 rings (SSSR count). The van der Waals surface area contributed by atoms with Crippen molar-refractivity contribution in [2.24, 2.45) is 0 Å². The molecule has 0 unspecified atom stereocenters. The number of aromatic carboxylic acids is 1. The number of carbonyl (C=O) groups is 1. The molecule has 1 aromatic carbocycles. The van der Waals surface area contributed by atoms with Gasteiger partial charge in [0, 0.05) is 12.0 Å². The second-order valence-electron chi connectivity index (χ2n) is 3.36. The average molecular weight is 217 g/mol. The van der Waals surface area contributed by atoms with Gasteiger partial charge in [0.15, 0.2) is 6.39 Å². The molecule has 0 saturated heterocycles. The highest BCUT2D eigenvalue weighted by Crippen LogP contribution is 2.22. The van der Waals surface area contributed by atoms with Crippen molar-refractivity contribution in [2.45, 2.75) is 13.3 Å². The summed E-state index contributed by atoms with van der Waals surface area (Å²) in [5.41, 5.74) is 1.92. The number of aromatic nitrogens is 1. The van der Waals surface area contributed by atoms with E-state index in [0.717, 1.165) is 23.4 Å². The number of hydrogen-bond acceptors (Lipinski definition) is 3. The van der Waals surface area contributed by atoms with E-state index in [9.17, 15) is 4.79 Å². The van der Waals surface area contributed by atoms with Crippen LogP contribution < -0.4 is 0 Å². The van der Waals surface area contributed by atoms with E-state index in [2.05, 4.69) is 4.98 Å². The standard InChI is InChI=1S/C12H11NO3/c1-2-10-11(13-7-16-10)8-3-5-9(6-4-8)12(14)15/h3-7H,2H2,1H3,(H,14,15). The zero-order valence-corrected chi connectivity index (χ0v) is 8.80. The fourth-order valence-corrected chi connectivity index (χ4v) is 1.53. The Kier molecular flexibility index (Phi) is 2.72. The maximum Gasteiger partial charge on any atom is 0.335 e. The summed E-state index contributed by atoms with van der Waals surface area (Å²) in [5.74, 6) is -0.120. The van der Waals surface area contributed by atoms with E-state index in [0.29, 0.717) is 0 Å². The summed E-state index contributed by atoms with van der Waals surface area (Å²) in [6.07, 6.45) is 2.16. The van der Waals surface area contributed by atoms with Crippen LogP contribution in [0.4, 0.5) is 0 Å². The van der Waals surface area contributed by atoms with E-state index in [4.69, 9.17) is 9.52 Å². The van der Waals surface area contributed by atoms with Crippen LogP contribution in [0.5, 0.6) is 0 Å². The quantitative estimate of drug-likeness (QED) is 0.858. The van der Waals surface area contributed by atoms with Gasteiger partial charge in [-0.15, -0.1) is 0 Å². The molecule has 0 saturated carbocycles. The first kappa shape index (κ1) is 10.4. The highest BCUT2D eigenvalue weighted by molar-refractivity contribution is 5.88. The summed E-state index contributed by atoms with van der Waals surface area (Å²) in [6, 6.07) is 6.60. The Balaban J connectivity index is 2.38. The number of oxazole rings is 1. The Bertz CT molecular complexity index is 499. The molecule has 0 fully saturated rings. The normalized spacial score (nSPS) is 10.3. The van der Waals surface area contributed by atoms with Gasteiger partial charge in [0.1, 0.15) is 11.5 Å². The number of hydrogen-bond donors (Lipinski definition) is 1. The first-order valence-electron chi connectivity index (χ1n) is 4.98. The Morgan fingerprint density at radius 3 is 2.62 bits per heavy atom. The number of benzene rings is 1. The van der Waals surface area contributed by atoms with Crippen LogP contribution in [0, 0.1) is 0 Å². The van der Waals surface area contributed by atoms with Crippen molar-refractivity contribution < 1.29 is 14.3 Å².